The molecule has 0 aromatic carbocycles. The number of hydrogen-bond acceptors (Lipinski definition) is 3. The molecule has 1 aliphatic rings. The number of aryl methyl sites for hydroxylation is 2. The molecule has 0 saturated carbocycles. The summed E-state index contributed by atoms with van der Waals surface area (Å²) in [6, 6.07) is 1.00. The van der Waals surface area contributed by atoms with Crippen molar-refractivity contribution >= 4 is 0 Å². The van der Waals surface area contributed by atoms with Gasteiger partial charge in [0.1, 0.15) is 0 Å². The van der Waals surface area contributed by atoms with Gasteiger partial charge in [0.2, 0.25) is 0 Å². The average molecular weight is 292 g/mol. The maximum Gasteiger partial charge on any atom is 0.0644 e. The van der Waals surface area contributed by atoms with Crippen LogP contribution in [0.1, 0.15) is 56.6 Å². The Labute approximate surface area is 129 Å². The van der Waals surface area contributed by atoms with Crippen LogP contribution in [-0.2, 0) is 7.05 Å². The smallest absolute Gasteiger partial charge is 0.0644 e. The predicted molar refractivity (Wildman–Crippen MR) is 88.5 cm³/mol. The quantitative estimate of drug-likeness (QED) is 0.906. The molecule has 1 N–H and O–H groups in total. The van der Waals surface area contributed by atoms with E-state index < -0.39 is 0 Å². The summed E-state index contributed by atoms with van der Waals surface area (Å²) < 4.78 is 2.02. The van der Waals surface area contributed by atoms with Crippen molar-refractivity contribution in [1.82, 2.24) is 20.0 Å². The van der Waals surface area contributed by atoms with Crippen molar-refractivity contribution in [2.45, 2.75) is 59.5 Å². The van der Waals surface area contributed by atoms with Crippen LogP contribution in [-0.4, -0.2) is 40.4 Å². The Kier molecular flexibility index (Phi) is 5.44. The molecule has 1 saturated heterocycles. The molecule has 0 bridgehead atoms. The van der Waals surface area contributed by atoms with Crippen LogP contribution < -0.4 is 5.32 Å². The summed E-state index contributed by atoms with van der Waals surface area (Å²) in [6.07, 6.45) is 2.61. The maximum atomic E-state index is 4.60. The summed E-state index contributed by atoms with van der Waals surface area (Å²) >= 11 is 0. The van der Waals surface area contributed by atoms with Crippen LogP contribution in [0.25, 0.3) is 0 Å². The highest BCUT2D eigenvalue weighted by Gasteiger charge is 2.27. The predicted octanol–water partition coefficient (Wildman–Crippen LogP) is 2.81. The van der Waals surface area contributed by atoms with Crippen LogP contribution in [0.2, 0.25) is 0 Å². The molecule has 1 unspecified atom stereocenters. The van der Waals surface area contributed by atoms with E-state index in [2.05, 4.69) is 49.9 Å². The molecule has 1 atom stereocenters. The summed E-state index contributed by atoms with van der Waals surface area (Å²) in [5.41, 5.74) is 3.90. The molecule has 0 spiro atoms. The van der Waals surface area contributed by atoms with E-state index in [1.807, 2.05) is 11.7 Å². The second-order valence-electron chi connectivity index (χ2n) is 6.87. The summed E-state index contributed by atoms with van der Waals surface area (Å²) in [6.45, 7) is 14.9. The Morgan fingerprint density at radius 2 is 1.86 bits per heavy atom. The molecule has 0 amide bonds. The average Bonchev–Trinajstić information content (AvgIpc) is 2.70. The molecule has 1 aliphatic heterocycles. The van der Waals surface area contributed by atoms with Crippen LogP contribution in [0, 0.1) is 19.8 Å². The molecule has 4 heteroatoms. The number of hydrogen-bond donors (Lipinski definition) is 1. The zero-order valence-corrected chi connectivity index (χ0v) is 14.6. The Balaban J connectivity index is 2.16. The van der Waals surface area contributed by atoms with Gasteiger partial charge in [-0.15, -0.1) is 0 Å². The first-order valence-corrected chi connectivity index (χ1v) is 8.38. The fourth-order valence-electron chi connectivity index (χ4n) is 3.74. The number of piperidine rings is 1. The first kappa shape index (κ1) is 16.5. The molecule has 1 aromatic heterocycles. The maximum absolute atomic E-state index is 4.60. The van der Waals surface area contributed by atoms with E-state index >= 15 is 0 Å². The van der Waals surface area contributed by atoms with Gasteiger partial charge in [0, 0.05) is 36.9 Å². The van der Waals surface area contributed by atoms with Crippen molar-refractivity contribution in [3.05, 3.63) is 17.0 Å². The van der Waals surface area contributed by atoms with Gasteiger partial charge in [-0.25, -0.2) is 0 Å². The molecular weight excluding hydrogens is 260 g/mol. The van der Waals surface area contributed by atoms with E-state index in [-0.39, 0.29) is 0 Å². The zero-order chi connectivity index (χ0) is 15.6. The fraction of sp³-hybridized carbons (Fsp3) is 0.824. The monoisotopic (exact) mass is 292 g/mol. The summed E-state index contributed by atoms with van der Waals surface area (Å²) in [4.78, 5) is 2.66. The lowest BCUT2D eigenvalue weighted by molar-refractivity contribution is 0.124. The van der Waals surface area contributed by atoms with Gasteiger partial charge in [0.15, 0.2) is 0 Å². The van der Waals surface area contributed by atoms with Gasteiger partial charge < -0.3 is 5.32 Å². The number of nitrogens with one attached hydrogen (secondary N) is 1. The number of rotatable bonds is 5. The first-order valence-electron chi connectivity index (χ1n) is 8.38. The normalized spacial score (nSPS) is 18.7. The summed E-state index contributed by atoms with van der Waals surface area (Å²) in [7, 11) is 2.05. The molecule has 4 nitrogen and oxygen atoms in total. The van der Waals surface area contributed by atoms with Gasteiger partial charge in [-0.05, 0) is 66.5 Å². The van der Waals surface area contributed by atoms with Crippen molar-refractivity contribution in [3.63, 3.8) is 0 Å². The van der Waals surface area contributed by atoms with Gasteiger partial charge >= 0.3 is 0 Å². The molecule has 21 heavy (non-hydrogen) atoms. The minimum atomic E-state index is 0.439. The molecular formula is C17H32N4. The second-order valence-corrected chi connectivity index (χ2v) is 6.87. The molecule has 120 valence electrons. The lowest BCUT2D eigenvalue weighted by Crippen LogP contribution is -2.41. The zero-order valence-electron chi connectivity index (χ0n) is 14.6. The van der Waals surface area contributed by atoms with Crippen LogP contribution in [0.15, 0.2) is 0 Å². The third-order valence-electron chi connectivity index (χ3n) is 5.07. The topological polar surface area (TPSA) is 33.1 Å². The van der Waals surface area contributed by atoms with Crippen molar-refractivity contribution in [1.29, 1.82) is 0 Å². The minimum absolute atomic E-state index is 0.439. The Bertz CT molecular complexity index is 458. The second kappa shape index (κ2) is 6.93. The van der Waals surface area contributed by atoms with Gasteiger partial charge in [-0.3, -0.25) is 9.58 Å². The molecule has 1 fully saturated rings. The van der Waals surface area contributed by atoms with Crippen LogP contribution in [0.3, 0.4) is 0 Å². The first-order chi connectivity index (χ1) is 9.91. The van der Waals surface area contributed by atoms with E-state index in [9.17, 15) is 0 Å². The molecule has 0 aliphatic carbocycles. The van der Waals surface area contributed by atoms with E-state index in [1.54, 1.807) is 0 Å². The number of aromatic nitrogens is 2. The minimum Gasteiger partial charge on any atom is -0.317 e. The van der Waals surface area contributed by atoms with E-state index in [1.165, 1.54) is 49.4 Å². The Morgan fingerprint density at radius 1 is 1.24 bits per heavy atom. The highest BCUT2D eigenvalue weighted by Crippen LogP contribution is 2.29. The SMILES string of the molecule is Cc1nn(C)c(C)c1C(C)N(CC1CCNCC1)C(C)C. The Morgan fingerprint density at radius 3 is 2.33 bits per heavy atom. The van der Waals surface area contributed by atoms with Crippen molar-refractivity contribution < 1.29 is 0 Å². The highest BCUT2D eigenvalue weighted by molar-refractivity contribution is 5.27. The fourth-order valence-corrected chi connectivity index (χ4v) is 3.74. The third-order valence-corrected chi connectivity index (χ3v) is 5.07. The largest absolute Gasteiger partial charge is 0.317 e. The molecule has 2 rings (SSSR count). The summed E-state index contributed by atoms with van der Waals surface area (Å²) in [5, 5.41) is 8.07. The van der Waals surface area contributed by atoms with Crippen molar-refractivity contribution in [3.8, 4) is 0 Å². The van der Waals surface area contributed by atoms with Crippen LogP contribution in [0.4, 0.5) is 0 Å². The van der Waals surface area contributed by atoms with Crippen LogP contribution >= 0.6 is 0 Å². The van der Waals surface area contributed by atoms with Gasteiger partial charge in [-0.2, -0.15) is 5.10 Å². The number of nitrogens with zero attached hydrogens (tertiary/aromatic N) is 3. The Hall–Kier alpha value is -0.870. The van der Waals surface area contributed by atoms with Crippen molar-refractivity contribution in [2.75, 3.05) is 19.6 Å². The standard InChI is InChI=1S/C17H32N4/c1-12(2)21(11-16-7-9-18-10-8-16)15(5)17-13(3)19-20(6)14(17)4/h12,15-16,18H,7-11H2,1-6H3. The van der Waals surface area contributed by atoms with Crippen molar-refractivity contribution in [2.24, 2.45) is 13.0 Å². The van der Waals surface area contributed by atoms with Gasteiger partial charge in [0.25, 0.3) is 0 Å². The lowest BCUT2D eigenvalue weighted by Gasteiger charge is -2.37. The van der Waals surface area contributed by atoms with Gasteiger partial charge in [0.05, 0.1) is 5.69 Å². The molecule has 1 aromatic rings. The van der Waals surface area contributed by atoms with E-state index in [0.717, 1.165) is 5.92 Å². The van der Waals surface area contributed by atoms with Gasteiger partial charge in [-0.1, -0.05) is 0 Å². The van der Waals surface area contributed by atoms with E-state index in [4.69, 9.17) is 0 Å². The highest BCUT2D eigenvalue weighted by atomic mass is 15.3. The third kappa shape index (κ3) is 3.67. The molecule has 2 heterocycles. The lowest BCUT2D eigenvalue weighted by atomic mass is 9.95. The summed E-state index contributed by atoms with van der Waals surface area (Å²) in [5.74, 6) is 0.827. The van der Waals surface area contributed by atoms with E-state index in [0.29, 0.717) is 12.1 Å². The van der Waals surface area contributed by atoms with Crippen LogP contribution in [0.5, 0.6) is 0 Å². The molecule has 0 radical (unpaired) electrons.